The molecule has 0 radical (unpaired) electrons. The third kappa shape index (κ3) is 3.36. The lowest BCUT2D eigenvalue weighted by Gasteiger charge is -2.24. The molecule has 1 unspecified atom stereocenters. The fourth-order valence-corrected chi connectivity index (χ4v) is 2.07. The minimum Gasteiger partial charge on any atom is -0.480 e. The maximum Gasteiger partial charge on any atom is 0.326 e. The van der Waals surface area contributed by atoms with E-state index in [4.69, 9.17) is 10.8 Å². The Hall–Kier alpha value is -1.79. The molecule has 1 saturated heterocycles. The highest BCUT2D eigenvalue weighted by atomic mass is 16.4. The predicted octanol–water partition coefficient (Wildman–Crippen LogP) is 0.00250. The standard InChI is InChI=1S/C12H21N3O4/c1-7(2)8(9(16)17)14-11(19)15-5-4-12(3,6-15)10(13)18/h7-8H,4-6H2,1-3H3,(H2,13,18)(H,14,19)(H,16,17)/t8-,12?/m1/s1. The smallest absolute Gasteiger partial charge is 0.326 e. The summed E-state index contributed by atoms with van der Waals surface area (Å²) in [6.45, 7) is 5.77. The van der Waals surface area contributed by atoms with Crippen molar-refractivity contribution in [2.45, 2.75) is 33.2 Å². The second-order valence-corrected chi connectivity index (χ2v) is 5.61. The zero-order chi connectivity index (χ0) is 14.8. The number of hydrogen-bond donors (Lipinski definition) is 3. The highest BCUT2D eigenvalue weighted by molar-refractivity contribution is 5.85. The van der Waals surface area contributed by atoms with Gasteiger partial charge in [-0.05, 0) is 19.3 Å². The van der Waals surface area contributed by atoms with Gasteiger partial charge in [0.1, 0.15) is 6.04 Å². The maximum atomic E-state index is 12.0. The molecule has 1 heterocycles. The summed E-state index contributed by atoms with van der Waals surface area (Å²) in [6, 6.07) is -1.40. The van der Waals surface area contributed by atoms with E-state index in [-0.39, 0.29) is 12.5 Å². The quantitative estimate of drug-likeness (QED) is 0.668. The second-order valence-electron chi connectivity index (χ2n) is 5.61. The third-order valence-corrected chi connectivity index (χ3v) is 3.57. The number of carbonyl (C=O) groups is 3. The van der Waals surface area contributed by atoms with Crippen LogP contribution in [0.4, 0.5) is 4.79 Å². The van der Waals surface area contributed by atoms with Gasteiger partial charge in [0.05, 0.1) is 5.41 Å². The van der Waals surface area contributed by atoms with Gasteiger partial charge in [0.25, 0.3) is 0 Å². The van der Waals surface area contributed by atoms with Gasteiger partial charge in [-0.15, -0.1) is 0 Å². The lowest BCUT2D eigenvalue weighted by atomic mass is 9.89. The van der Waals surface area contributed by atoms with E-state index in [0.29, 0.717) is 13.0 Å². The van der Waals surface area contributed by atoms with E-state index >= 15 is 0 Å². The second kappa shape index (κ2) is 5.46. The molecule has 0 aromatic heterocycles. The monoisotopic (exact) mass is 271 g/mol. The molecule has 0 aromatic carbocycles. The Bertz CT molecular complexity index is 396. The van der Waals surface area contributed by atoms with Crippen molar-refractivity contribution >= 4 is 17.9 Å². The van der Waals surface area contributed by atoms with Crippen molar-refractivity contribution in [3.05, 3.63) is 0 Å². The molecule has 0 bridgehead atoms. The lowest BCUT2D eigenvalue weighted by Crippen LogP contribution is -2.50. The van der Waals surface area contributed by atoms with Crippen LogP contribution < -0.4 is 11.1 Å². The van der Waals surface area contributed by atoms with Gasteiger partial charge in [0, 0.05) is 13.1 Å². The lowest BCUT2D eigenvalue weighted by molar-refractivity contribution is -0.140. The van der Waals surface area contributed by atoms with E-state index in [9.17, 15) is 14.4 Å². The van der Waals surface area contributed by atoms with Crippen molar-refractivity contribution < 1.29 is 19.5 Å². The Morgan fingerprint density at radius 1 is 1.37 bits per heavy atom. The van der Waals surface area contributed by atoms with Gasteiger partial charge in [0.15, 0.2) is 0 Å². The fourth-order valence-electron chi connectivity index (χ4n) is 2.07. The summed E-state index contributed by atoms with van der Waals surface area (Å²) in [5.74, 6) is -1.73. The number of urea groups is 1. The molecule has 0 spiro atoms. The van der Waals surface area contributed by atoms with Gasteiger partial charge < -0.3 is 21.1 Å². The summed E-state index contributed by atoms with van der Waals surface area (Å²) in [5, 5.41) is 11.5. The zero-order valence-electron chi connectivity index (χ0n) is 11.5. The number of hydrogen-bond acceptors (Lipinski definition) is 3. The maximum absolute atomic E-state index is 12.0. The molecule has 7 heteroatoms. The topological polar surface area (TPSA) is 113 Å². The van der Waals surface area contributed by atoms with E-state index < -0.39 is 29.4 Å². The molecule has 0 saturated carbocycles. The molecule has 1 aliphatic heterocycles. The van der Waals surface area contributed by atoms with Crippen LogP contribution in [0, 0.1) is 11.3 Å². The summed E-state index contributed by atoms with van der Waals surface area (Å²) in [4.78, 5) is 35.7. The summed E-state index contributed by atoms with van der Waals surface area (Å²) < 4.78 is 0. The molecule has 1 fully saturated rings. The van der Waals surface area contributed by atoms with Crippen LogP contribution >= 0.6 is 0 Å². The molecule has 3 amide bonds. The van der Waals surface area contributed by atoms with E-state index in [0.717, 1.165) is 0 Å². The van der Waals surface area contributed by atoms with Crippen molar-refractivity contribution in [1.29, 1.82) is 0 Å². The van der Waals surface area contributed by atoms with Crippen LogP contribution in [-0.4, -0.2) is 47.0 Å². The minimum absolute atomic E-state index is 0.216. The van der Waals surface area contributed by atoms with E-state index in [1.165, 1.54) is 4.90 Å². The molecule has 2 atom stereocenters. The first-order valence-corrected chi connectivity index (χ1v) is 6.25. The summed E-state index contributed by atoms with van der Waals surface area (Å²) >= 11 is 0. The molecule has 1 rings (SSSR count). The fraction of sp³-hybridized carbons (Fsp3) is 0.750. The average molecular weight is 271 g/mol. The van der Waals surface area contributed by atoms with E-state index in [1.807, 2.05) is 0 Å². The van der Waals surface area contributed by atoms with Gasteiger partial charge in [-0.25, -0.2) is 9.59 Å². The number of carboxylic acid groups (broad SMARTS) is 1. The first-order valence-electron chi connectivity index (χ1n) is 6.25. The number of carbonyl (C=O) groups excluding carboxylic acids is 2. The van der Waals surface area contributed by atoms with E-state index in [2.05, 4.69) is 5.32 Å². The number of carboxylic acids is 1. The molecule has 19 heavy (non-hydrogen) atoms. The Kier molecular flexibility index (Phi) is 4.39. The molecule has 0 aliphatic carbocycles. The molecular weight excluding hydrogens is 250 g/mol. The van der Waals surface area contributed by atoms with Gasteiger partial charge >= 0.3 is 12.0 Å². The van der Waals surface area contributed by atoms with Crippen molar-refractivity contribution in [2.75, 3.05) is 13.1 Å². The molecule has 0 aromatic rings. The van der Waals surface area contributed by atoms with Crippen molar-refractivity contribution in [2.24, 2.45) is 17.1 Å². The van der Waals surface area contributed by atoms with Crippen LogP contribution in [0.5, 0.6) is 0 Å². The first-order chi connectivity index (χ1) is 8.67. The normalized spacial score (nSPS) is 24.3. The van der Waals surface area contributed by atoms with Gasteiger partial charge in [0.2, 0.25) is 5.91 Å². The van der Waals surface area contributed by atoms with Crippen molar-refractivity contribution in [3.8, 4) is 0 Å². The van der Waals surface area contributed by atoms with E-state index in [1.54, 1.807) is 20.8 Å². The highest BCUT2D eigenvalue weighted by Crippen LogP contribution is 2.29. The largest absolute Gasteiger partial charge is 0.480 e. The van der Waals surface area contributed by atoms with Gasteiger partial charge in [-0.1, -0.05) is 13.8 Å². The summed E-state index contributed by atoms with van der Waals surface area (Å²) in [7, 11) is 0. The van der Waals surface area contributed by atoms with Crippen LogP contribution in [0.3, 0.4) is 0 Å². The number of aliphatic carboxylic acids is 1. The van der Waals surface area contributed by atoms with Crippen LogP contribution in [-0.2, 0) is 9.59 Å². The van der Waals surface area contributed by atoms with Crippen LogP contribution in [0.25, 0.3) is 0 Å². The molecule has 4 N–H and O–H groups in total. The number of nitrogens with zero attached hydrogens (tertiary/aromatic N) is 1. The number of nitrogens with two attached hydrogens (primary N) is 1. The van der Waals surface area contributed by atoms with Crippen LogP contribution in [0.2, 0.25) is 0 Å². The molecular formula is C12H21N3O4. The number of primary amides is 1. The van der Waals surface area contributed by atoms with Crippen LogP contribution in [0.15, 0.2) is 0 Å². The summed E-state index contributed by atoms with van der Waals surface area (Å²) in [5.41, 5.74) is 4.57. The Labute approximate surface area is 112 Å². The molecule has 7 nitrogen and oxygen atoms in total. The summed E-state index contributed by atoms with van der Waals surface area (Å²) in [6.07, 6.45) is 0.495. The number of likely N-dealkylation sites (tertiary alicyclic amines) is 1. The molecule has 108 valence electrons. The van der Waals surface area contributed by atoms with Crippen molar-refractivity contribution in [3.63, 3.8) is 0 Å². The van der Waals surface area contributed by atoms with Crippen LogP contribution in [0.1, 0.15) is 27.2 Å². The third-order valence-electron chi connectivity index (χ3n) is 3.57. The number of amides is 3. The first kappa shape index (κ1) is 15.3. The average Bonchev–Trinajstić information content (AvgIpc) is 2.69. The zero-order valence-corrected chi connectivity index (χ0v) is 11.5. The number of nitrogens with one attached hydrogen (secondary N) is 1. The Balaban J connectivity index is 2.66. The Morgan fingerprint density at radius 2 is 1.95 bits per heavy atom. The van der Waals surface area contributed by atoms with Gasteiger partial charge in [-0.3, -0.25) is 4.79 Å². The SMILES string of the molecule is CC(C)[C@@H](NC(=O)N1CCC(C)(C(N)=O)C1)C(=O)O. The van der Waals surface area contributed by atoms with Crippen molar-refractivity contribution in [1.82, 2.24) is 10.2 Å². The predicted molar refractivity (Wildman–Crippen MR) is 68.3 cm³/mol. The number of rotatable bonds is 4. The highest BCUT2D eigenvalue weighted by Gasteiger charge is 2.41. The Morgan fingerprint density at radius 3 is 2.32 bits per heavy atom. The molecule has 1 aliphatic rings. The van der Waals surface area contributed by atoms with Gasteiger partial charge in [-0.2, -0.15) is 0 Å². The minimum atomic E-state index is -1.07.